The van der Waals surface area contributed by atoms with Crippen LogP contribution in [-0.2, 0) is 27.4 Å². The molecule has 0 unspecified atom stereocenters. The summed E-state index contributed by atoms with van der Waals surface area (Å²) in [6.07, 6.45) is 0.884. The Morgan fingerprint density at radius 1 is 1.05 bits per heavy atom. The van der Waals surface area contributed by atoms with Crippen LogP contribution in [0.4, 0.5) is 0 Å². The molecule has 0 saturated carbocycles. The summed E-state index contributed by atoms with van der Waals surface area (Å²) in [5, 5.41) is 3.22. The first-order valence-corrected chi connectivity index (χ1v) is 6.79. The van der Waals surface area contributed by atoms with Gasteiger partial charge in [0.25, 0.3) is 0 Å². The van der Waals surface area contributed by atoms with E-state index in [4.69, 9.17) is 18.6 Å². The molecule has 5 heteroatoms. The molecule has 0 aliphatic carbocycles. The Hall–Kier alpha value is -0.880. The van der Waals surface area contributed by atoms with Gasteiger partial charge in [0.1, 0.15) is 18.1 Å². The molecule has 1 N–H and O–H groups in total. The van der Waals surface area contributed by atoms with Gasteiger partial charge in [-0.05, 0) is 25.1 Å². The van der Waals surface area contributed by atoms with Crippen LogP contribution in [0.3, 0.4) is 0 Å². The van der Waals surface area contributed by atoms with E-state index in [0.29, 0.717) is 33.0 Å². The van der Waals surface area contributed by atoms with Crippen LogP contribution >= 0.6 is 0 Å². The zero-order valence-corrected chi connectivity index (χ0v) is 11.9. The zero-order chi connectivity index (χ0) is 13.8. The number of furan rings is 1. The Morgan fingerprint density at radius 3 is 2.63 bits per heavy atom. The fourth-order valence-electron chi connectivity index (χ4n) is 1.52. The van der Waals surface area contributed by atoms with E-state index in [1.807, 2.05) is 12.1 Å². The van der Waals surface area contributed by atoms with Crippen LogP contribution in [0, 0.1) is 0 Å². The number of nitrogens with one attached hydrogen (secondary N) is 1. The third kappa shape index (κ3) is 8.00. The maximum absolute atomic E-state index is 5.61. The lowest BCUT2D eigenvalue weighted by molar-refractivity contribution is 0.0451. The second kappa shape index (κ2) is 11.0. The Kier molecular flexibility index (Phi) is 9.36. The standard InChI is InChI=1S/C14H25NO4/c1-3-15-11-13-5-6-14(19-13)12-18-8-4-7-17-10-9-16-2/h5-6,15H,3-4,7-12H2,1-2H3. The van der Waals surface area contributed by atoms with Gasteiger partial charge in [0.15, 0.2) is 0 Å². The molecule has 110 valence electrons. The molecule has 0 radical (unpaired) electrons. The van der Waals surface area contributed by atoms with Crippen molar-refractivity contribution >= 4 is 0 Å². The number of hydrogen-bond acceptors (Lipinski definition) is 5. The molecule has 0 spiro atoms. The summed E-state index contributed by atoms with van der Waals surface area (Å²) in [5.41, 5.74) is 0. The predicted molar refractivity (Wildman–Crippen MR) is 73.1 cm³/mol. The summed E-state index contributed by atoms with van der Waals surface area (Å²) in [6.45, 7) is 6.96. The molecule has 5 nitrogen and oxygen atoms in total. The van der Waals surface area contributed by atoms with Crippen LogP contribution in [0.15, 0.2) is 16.5 Å². The van der Waals surface area contributed by atoms with Gasteiger partial charge in [-0.15, -0.1) is 0 Å². The SMILES string of the molecule is CCNCc1ccc(COCCCOCCOC)o1. The molecule has 0 atom stereocenters. The quantitative estimate of drug-likeness (QED) is 0.589. The minimum atomic E-state index is 0.518. The highest BCUT2D eigenvalue weighted by Gasteiger charge is 2.01. The number of methoxy groups -OCH3 is 1. The predicted octanol–water partition coefficient (Wildman–Crippen LogP) is 1.96. The third-order valence-corrected chi connectivity index (χ3v) is 2.52. The molecule has 1 rings (SSSR count). The Labute approximate surface area is 115 Å². The third-order valence-electron chi connectivity index (χ3n) is 2.52. The van der Waals surface area contributed by atoms with Crippen molar-refractivity contribution in [2.75, 3.05) is 40.1 Å². The number of rotatable bonds is 12. The van der Waals surface area contributed by atoms with E-state index in [1.54, 1.807) is 7.11 Å². The van der Waals surface area contributed by atoms with Gasteiger partial charge in [-0.25, -0.2) is 0 Å². The van der Waals surface area contributed by atoms with Gasteiger partial charge in [0, 0.05) is 20.3 Å². The Balaban J connectivity index is 1.98. The lowest BCUT2D eigenvalue weighted by Crippen LogP contribution is -2.10. The summed E-state index contributed by atoms with van der Waals surface area (Å²) in [4.78, 5) is 0. The first kappa shape index (κ1) is 16.2. The summed E-state index contributed by atoms with van der Waals surface area (Å²) in [6, 6.07) is 3.94. The average molecular weight is 271 g/mol. The van der Waals surface area contributed by atoms with Crippen LogP contribution < -0.4 is 5.32 Å². The van der Waals surface area contributed by atoms with Crippen molar-refractivity contribution in [1.82, 2.24) is 5.32 Å². The van der Waals surface area contributed by atoms with E-state index in [0.717, 1.165) is 31.0 Å². The van der Waals surface area contributed by atoms with Gasteiger partial charge in [0.2, 0.25) is 0 Å². The van der Waals surface area contributed by atoms with Gasteiger partial charge < -0.3 is 23.9 Å². The van der Waals surface area contributed by atoms with Crippen LogP contribution in [0.5, 0.6) is 0 Å². The van der Waals surface area contributed by atoms with E-state index in [-0.39, 0.29) is 0 Å². The minimum absolute atomic E-state index is 0.518. The van der Waals surface area contributed by atoms with Gasteiger partial charge >= 0.3 is 0 Å². The molecule has 0 amide bonds. The molecule has 0 saturated heterocycles. The molecule has 19 heavy (non-hydrogen) atoms. The van der Waals surface area contributed by atoms with E-state index in [2.05, 4.69) is 12.2 Å². The van der Waals surface area contributed by atoms with Crippen LogP contribution in [0.25, 0.3) is 0 Å². The maximum Gasteiger partial charge on any atom is 0.129 e. The minimum Gasteiger partial charge on any atom is -0.462 e. The maximum atomic E-state index is 5.61. The lowest BCUT2D eigenvalue weighted by Gasteiger charge is -2.04. The van der Waals surface area contributed by atoms with Crippen molar-refractivity contribution in [2.24, 2.45) is 0 Å². The van der Waals surface area contributed by atoms with Gasteiger partial charge in [-0.1, -0.05) is 6.92 Å². The number of ether oxygens (including phenoxy) is 3. The first-order valence-electron chi connectivity index (χ1n) is 6.79. The average Bonchev–Trinajstić information content (AvgIpc) is 2.87. The molecule has 1 heterocycles. The molecular formula is C14H25NO4. The van der Waals surface area contributed by atoms with Crippen LogP contribution in [0.2, 0.25) is 0 Å². The molecule has 0 aliphatic heterocycles. The monoisotopic (exact) mass is 271 g/mol. The van der Waals surface area contributed by atoms with Crippen molar-refractivity contribution in [3.8, 4) is 0 Å². The fraction of sp³-hybridized carbons (Fsp3) is 0.714. The van der Waals surface area contributed by atoms with Crippen molar-refractivity contribution in [3.05, 3.63) is 23.7 Å². The van der Waals surface area contributed by atoms with E-state index < -0.39 is 0 Å². The van der Waals surface area contributed by atoms with E-state index in [9.17, 15) is 0 Å². The fourth-order valence-corrected chi connectivity index (χ4v) is 1.52. The van der Waals surface area contributed by atoms with Crippen LogP contribution in [-0.4, -0.2) is 40.1 Å². The molecule has 0 aliphatic rings. The second-order valence-electron chi connectivity index (χ2n) is 4.16. The van der Waals surface area contributed by atoms with Crippen molar-refractivity contribution < 1.29 is 18.6 Å². The summed E-state index contributed by atoms with van der Waals surface area (Å²) in [5.74, 6) is 1.82. The highest BCUT2D eigenvalue weighted by atomic mass is 16.5. The van der Waals surface area contributed by atoms with Crippen molar-refractivity contribution in [1.29, 1.82) is 0 Å². The van der Waals surface area contributed by atoms with Crippen LogP contribution in [0.1, 0.15) is 24.9 Å². The smallest absolute Gasteiger partial charge is 0.129 e. The molecular weight excluding hydrogens is 246 g/mol. The Morgan fingerprint density at radius 2 is 1.84 bits per heavy atom. The van der Waals surface area contributed by atoms with E-state index >= 15 is 0 Å². The van der Waals surface area contributed by atoms with Gasteiger partial charge in [0.05, 0.1) is 19.8 Å². The summed E-state index contributed by atoms with van der Waals surface area (Å²) < 4.78 is 21.4. The highest BCUT2D eigenvalue weighted by molar-refractivity contribution is 5.06. The lowest BCUT2D eigenvalue weighted by atomic mass is 10.4. The van der Waals surface area contributed by atoms with Gasteiger partial charge in [-0.2, -0.15) is 0 Å². The van der Waals surface area contributed by atoms with Gasteiger partial charge in [-0.3, -0.25) is 0 Å². The number of hydrogen-bond donors (Lipinski definition) is 1. The van der Waals surface area contributed by atoms with E-state index in [1.165, 1.54) is 0 Å². The summed E-state index contributed by atoms with van der Waals surface area (Å²) >= 11 is 0. The molecule has 0 aromatic carbocycles. The normalized spacial score (nSPS) is 11.1. The zero-order valence-electron chi connectivity index (χ0n) is 11.9. The molecule has 1 aromatic heterocycles. The second-order valence-corrected chi connectivity index (χ2v) is 4.16. The molecule has 0 fully saturated rings. The highest BCUT2D eigenvalue weighted by Crippen LogP contribution is 2.09. The molecule has 1 aromatic rings. The van der Waals surface area contributed by atoms with Crippen molar-refractivity contribution in [3.63, 3.8) is 0 Å². The Bertz CT molecular complexity index is 314. The molecule has 0 bridgehead atoms. The van der Waals surface area contributed by atoms with Crippen molar-refractivity contribution in [2.45, 2.75) is 26.5 Å². The summed E-state index contributed by atoms with van der Waals surface area (Å²) in [7, 11) is 1.67. The first-order chi connectivity index (χ1) is 9.36. The largest absolute Gasteiger partial charge is 0.462 e. The topological polar surface area (TPSA) is 52.9 Å².